The molecular weight excluding hydrogens is 260 g/mol. The Morgan fingerprint density at radius 2 is 2.11 bits per heavy atom. The number of aromatic nitrogens is 4. The average Bonchev–Trinajstić information content (AvgIpc) is 2.93. The second-order valence-electron chi connectivity index (χ2n) is 5.60. The molecular formula is C13H20N4OS. The second kappa shape index (κ2) is 5.77. The lowest BCUT2D eigenvalue weighted by atomic mass is 9.97. The van der Waals surface area contributed by atoms with E-state index in [0.29, 0.717) is 11.1 Å². The van der Waals surface area contributed by atoms with Gasteiger partial charge in [0, 0.05) is 24.4 Å². The van der Waals surface area contributed by atoms with E-state index in [1.165, 1.54) is 5.56 Å². The molecule has 0 aliphatic carbocycles. The van der Waals surface area contributed by atoms with Gasteiger partial charge in [-0.15, -0.1) is 10.2 Å². The van der Waals surface area contributed by atoms with Gasteiger partial charge in [-0.25, -0.2) is 0 Å². The van der Waals surface area contributed by atoms with Crippen molar-refractivity contribution in [3.05, 3.63) is 23.8 Å². The molecule has 0 saturated heterocycles. The molecule has 2 aromatic heterocycles. The van der Waals surface area contributed by atoms with E-state index in [9.17, 15) is 0 Å². The summed E-state index contributed by atoms with van der Waals surface area (Å²) in [6.45, 7) is 6.20. The Hall–Kier alpha value is -1.30. The molecule has 0 atom stereocenters. The topological polar surface area (TPSA) is 56.7 Å². The van der Waals surface area contributed by atoms with Crippen molar-refractivity contribution in [2.75, 3.05) is 5.75 Å². The van der Waals surface area contributed by atoms with Crippen molar-refractivity contribution in [2.24, 2.45) is 7.05 Å². The zero-order chi connectivity index (χ0) is 13.9. The molecule has 0 aliphatic heterocycles. The van der Waals surface area contributed by atoms with Crippen LogP contribution in [0, 0.1) is 0 Å². The molecule has 0 amide bonds. The maximum Gasteiger partial charge on any atom is 0.276 e. The van der Waals surface area contributed by atoms with E-state index in [2.05, 4.69) is 42.3 Å². The summed E-state index contributed by atoms with van der Waals surface area (Å²) >= 11 is 1.62. The van der Waals surface area contributed by atoms with E-state index in [1.807, 2.05) is 17.9 Å². The lowest BCUT2D eigenvalue weighted by Gasteiger charge is -2.10. The number of aryl methyl sites for hydroxylation is 2. The molecule has 0 aliphatic rings. The van der Waals surface area contributed by atoms with Crippen LogP contribution in [0.3, 0.4) is 0 Å². The fourth-order valence-corrected chi connectivity index (χ4v) is 2.31. The lowest BCUT2D eigenvalue weighted by molar-refractivity contribution is 0.347. The zero-order valence-electron chi connectivity index (χ0n) is 11.9. The van der Waals surface area contributed by atoms with Crippen molar-refractivity contribution < 1.29 is 4.42 Å². The summed E-state index contributed by atoms with van der Waals surface area (Å²) in [6.07, 6.45) is 6.06. The Morgan fingerprint density at radius 3 is 2.68 bits per heavy atom. The third kappa shape index (κ3) is 4.09. The van der Waals surface area contributed by atoms with Crippen molar-refractivity contribution in [2.45, 2.75) is 44.3 Å². The van der Waals surface area contributed by atoms with Gasteiger partial charge in [-0.2, -0.15) is 5.10 Å². The van der Waals surface area contributed by atoms with Gasteiger partial charge in [-0.3, -0.25) is 4.68 Å². The minimum absolute atomic E-state index is 0.0818. The number of rotatable bonds is 5. The smallest absolute Gasteiger partial charge is 0.276 e. The summed E-state index contributed by atoms with van der Waals surface area (Å²) in [5.74, 6) is 1.67. The third-order valence-corrected chi connectivity index (χ3v) is 3.55. The third-order valence-electron chi connectivity index (χ3n) is 2.64. The van der Waals surface area contributed by atoms with Crippen molar-refractivity contribution in [1.82, 2.24) is 20.0 Å². The fourth-order valence-electron chi connectivity index (χ4n) is 1.61. The molecule has 0 fully saturated rings. The molecule has 2 heterocycles. The summed E-state index contributed by atoms with van der Waals surface area (Å²) in [7, 11) is 1.94. The van der Waals surface area contributed by atoms with Crippen LogP contribution in [-0.2, 0) is 18.9 Å². The van der Waals surface area contributed by atoms with E-state index < -0.39 is 0 Å². The Balaban J connectivity index is 1.75. The van der Waals surface area contributed by atoms with Crippen LogP contribution in [0.25, 0.3) is 0 Å². The highest BCUT2D eigenvalue weighted by Gasteiger charge is 2.21. The first kappa shape index (κ1) is 14.1. The monoisotopic (exact) mass is 280 g/mol. The molecule has 0 N–H and O–H groups in total. The first-order valence-electron chi connectivity index (χ1n) is 6.39. The molecule has 19 heavy (non-hydrogen) atoms. The van der Waals surface area contributed by atoms with Crippen LogP contribution < -0.4 is 0 Å². The summed E-state index contributed by atoms with van der Waals surface area (Å²) in [5, 5.41) is 13.0. The molecule has 2 aromatic rings. The van der Waals surface area contributed by atoms with Crippen LogP contribution in [0.2, 0.25) is 0 Å². The highest BCUT2D eigenvalue weighted by Crippen LogP contribution is 2.25. The van der Waals surface area contributed by atoms with Gasteiger partial charge in [0.1, 0.15) is 0 Å². The lowest BCUT2D eigenvalue weighted by Crippen LogP contribution is -2.11. The van der Waals surface area contributed by atoms with Crippen LogP contribution in [0.5, 0.6) is 0 Å². The van der Waals surface area contributed by atoms with Gasteiger partial charge in [0.25, 0.3) is 5.22 Å². The van der Waals surface area contributed by atoms with Gasteiger partial charge in [-0.1, -0.05) is 32.5 Å². The zero-order valence-corrected chi connectivity index (χ0v) is 12.7. The van der Waals surface area contributed by atoms with Crippen molar-refractivity contribution >= 4 is 11.8 Å². The van der Waals surface area contributed by atoms with E-state index in [1.54, 1.807) is 11.8 Å². The quantitative estimate of drug-likeness (QED) is 0.622. The molecule has 104 valence electrons. The van der Waals surface area contributed by atoms with Crippen molar-refractivity contribution in [3.63, 3.8) is 0 Å². The summed E-state index contributed by atoms with van der Waals surface area (Å²) in [4.78, 5) is 0. The molecule has 2 rings (SSSR count). The molecule has 0 aromatic carbocycles. The Kier molecular flexibility index (Phi) is 4.29. The highest BCUT2D eigenvalue weighted by molar-refractivity contribution is 7.99. The van der Waals surface area contributed by atoms with Gasteiger partial charge in [0.05, 0.1) is 6.20 Å². The standard InChI is InChI=1S/C13H20N4OS/c1-13(2,3)11-15-16-12(18-11)19-7-5-6-10-8-14-17(4)9-10/h8-9H,5-7H2,1-4H3. The van der Waals surface area contributed by atoms with E-state index >= 15 is 0 Å². The van der Waals surface area contributed by atoms with E-state index in [-0.39, 0.29) is 5.41 Å². The maximum atomic E-state index is 5.63. The minimum atomic E-state index is -0.0818. The highest BCUT2D eigenvalue weighted by atomic mass is 32.2. The van der Waals surface area contributed by atoms with Crippen LogP contribution >= 0.6 is 11.8 Å². The normalized spacial score (nSPS) is 12.0. The van der Waals surface area contributed by atoms with Crippen LogP contribution in [0.4, 0.5) is 0 Å². The number of thioether (sulfide) groups is 1. The first-order valence-corrected chi connectivity index (χ1v) is 7.38. The Bertz CT molecular complexity index is 527. The molecule has 5 nitrogen and oxygen atoms in total. The molecule has 0 radical (unpaired) electrons. The predicted molar refractivity (Wildman–Crippen MR) is 75.3 cm³/mol. The molecule has 0 bridgehead atoms. The van der Waals surface area contributed by atoms with Gasteiger partial charge in [-0.05, 0) is 18.4 Å². The SMILES string of the molecule is Cn1cc(CCCSc2nnc(C(C)(C)C)o2)cn1. The maximum absolute atomic E-state index is 5.63. The first-order chi connectivity index (χ1) is 8.95. The Labute approximate surface area is 117 Å². The van der Waals surface area contributed by atoms with Crippen LogP contribution in [-0.4, -0.2) is 25.7 Å². The molecule has 0 spiro atoms. The number of hydrogen-bond donors (Lipinski definition) is 0. The molecule has 6 heteroatoms. The van der Waals surface area contributed by atoms with Crippen LogP contribution in [0.1, 0.15) is 38.6 Å². The van der Waals surface area contributed by atoms with Crippen molar-refractivity contribution in [1.29, 1.82) is 0 Å². The predicted octanol–water partition coefficient (Wildman–Crippen LogP) is 2.83. The van der Waals surface area contributed by atoms with Gasteiger partial charge in [0.15, 0.2) is 0 Å². The van der Waals surface area contributed by atoms with Gasteiger partial charge in [0.2, 0.25) is 5.89 Å². The number of nitrogens with zero attached hydrogens (tertiary/aromatic N) is 4. The summed E-state index contributed by atoms with van der Waals surface area (Å²) in [5.41, 5.74) is 1.19. The van der Waals surface area contributed by atoms with Crippen LogP contribution in [0.15, 0.2) is 22.0 Å². The fraction of sp³-hybridized carbons (Fsp3) is 0.615. The summed E-state index contributed by atoms with van der Waals surface area (Å²) < 4.78 is 7.46. The average molecular weight is 280 g/mol. The number of hydrogen-bond acceptors (Lipinski definition) is 5. The second-order valence-corrected chi connectivity index (χ2v) is 6.64. The van der Waals surface area contributed by atoms with Gasteiger partial charge >= 0.3 is 0 Å². The minimum Gasteiger partial charge on any atom is -0.415 e. The molecule has 0 saturated carbocycles. The van der Waals surface area contributed by atoms with Crippen molar-refractivity contribution in [3.8, 4) is 0 Å². The van der Waals surface area contributed by atoms with E-state index in [4.69, 9.17) is 4.42 Å². The Morgan fingerprint density at radius 1 is 1.32 bits per heavy atom. The largest absolute Gasteiger partial charge is 0.415 e. The van der Waals surface area contributed by atoms with Gasteiger partial charge < -0.3 is 4.42 Å². The summed E-state index contributed by atoms with van der Waals surface area (Å²) in [6, 6.07) is 0. The molecule has 0 unspecified atom stereocenters. The van der Waals surface area contributed by atoms with E-state index in [0.717, 1.165) is 18.6 Å².